The van der Waals surface area contributed by atoms with E-state index in [9.17, 15) is 30.4 Å². The molecule has 0 saturated heterocycles. The van der Waals surface area contributed by atoms with Gasteiger partial charge in [0.25, 0.3) is 10.0 Å². The summed E-state index contributed by atoms with van der Waals surface area (Å²) in [5.41, 5.74) is 1.45. The zero-order chi connectivity index (χ0) is 23.8. The summed E-state index contributed by atoms with van der Waals surface area (Å²) in [6, 6.07) is 6.37. The number of anilines is 1. The van der Waals surface area contributed by atoms with Crippen LogP contribution in [0.4, 0.5) is 27.6 Å². The summed E-state index contributed by atoms with van der Waals surface area (Å²) in [6.45, 7) is -1.22. The van der Waals surface area contributed by atoms with E-state index in [1.54, 1.807) is 6.07 Å². The lowest BCUT2D eigenvalue weighted by Crippen LogP contribution is -2.17. The highest BCUT2D eigenvalue weighted by atomic mass is 32.2. The van der Waals surface area contributed by atoms with E-state index in [0.717, 1.165) is 4.68 Å². The maximum absolute atomic E-state index is 13.4. The summed E-state index contributed by atoms with van der Waals surface area (Å²) in [4.78, 5) is -0.580. The maximum atomic E-state index is 13.4. The van der Waals surface area contributed by atoms with Crippen LogP contribution in [0.25, 0.3) is 23.1 Å². The van der Waals surface area contributed by atoms with Crippen LogP contribution in [0.5, 0.6) is 0 Å². The first-order valence-electron chi connectivity index (χ1n) is 9.23. The summed E-state index contributed by atoms with van der Waals surface area (Å²) in [5.74, 6) is -2.07. The molecule has 33 heavy (non-hydrogen) atoms. The van der Waals surface area contributed by atoms with Gasteiger partial charge in [0.15, 0.2) is 0 Å². The fourth-order valence-electron chi connectivity index (χ4n) is 3.03. The van der Waals surface area contributed by atoms with Crippen LogP contribution in [0.15, 0.2) is 53.7 Å². The molecule has 13 heteroatoms. The molecule has 0 unspecified atom stereocenters. The Hall–Kier alpha value is -3.74. The Kier molecular flexibility index (Phi) is 5.66. The summed E-state index contributed by atoms with van der Waals surface area (Å²) >= 11 is 0. The molecular formula is C20H14F5N5O2S. The highest BCUT2D eigenvalue weighted by Crippen LogP contribution is 2.25. The van der Waals surface area contributed by atoms with Crippen LogP contribution in [0.2, 0.25) is 0 Å². The number of nitrogens with one attached hydrogen (secondary N) is 2. The van der Waals surface area contributed by atoms with Gasteiger partial charge in [-0.2, -0.15) is 23.4 Å². The molecule has 2 aromatic carbocycles. The number of benzene rings is 2. The first kappa shape index (κ1) is 22.5. The van der Waals surface area contributed by atoms with Gasteiger partial charge in [-0.25, -0.2) is 17.2 Å². The molecule has 0 aliphatic heterocycles. The van der Waals surface area contributed by atoms with E-state index in [4.69, 9.17) is 0 Å². The number of H-pyrrole nitrogens is 1. The molecule has 0 aliphatic rings. The van der Waals surface area contributed by atoms with Gasteiger partial charge in [0.05, 0.1) is 22.3 Å². The quantitative estimate of drug-likeness (QED) is 0.393. The second kappa shape index (κ2) is 8.31. The minimum atomic E-state index is -4.40. The van der Waals surface area contributed by atoms with Crippen LogP contribution >= 0.6 is 0 Å². The minimum absolute atomic E-state index is 0.112. The Morgan fingerprint density at radius 1 is 1.06 bits per heavy atom. The van der Waals surface area contributed by atoms with Crippen LogP contribution in [-0.2, 0) is 16.6 Å². The SMILES string of the molecule is O=S(=O)(Nc1ccc2[nH]nc(/C=C/c3cnn(CC(F)(F)F)c3)c2c1)c1cc(F)cc(F)c1. The van der Waals surface area contributed by atoms with Crippen LogP contribution in [-0.4, -0.2) is 34.6 Å². The highest BCUT2D eigenvalue weighted by molar-refractivity contribution is 7.92. The van der Waals surface area contributed by atoms with Crippen molar-refractivity contribution in [1.29, 1.82) is 0 Å². The molecule has 0 saturated carbocycles. The maximum Gasteiger partial charge on any atom is 0.408 e. The van der Waals surface area contributed by atoms with E-state index in [2.05, 4.69) is 20.0 Å². The van der Waals surface area contributed by atoms with Gasteiger partial charge in [0.2, 0.25) is 0 Å². The largest absolute Gasteiger partial charge is 0.408 e. The number of aromatic amines is 1. The van der Waals surface area contributed by atoms with Crippen molar-refractivity contribution in [3.63, 3.8) is 0 Å². The van der Waals surface area contributed by atoms with Gasteiger partial charge < -0.3 is 0 Å². The molecule has 4 rings (SSSR count). The molecular weight excluding hydrogens is 469 g/mol. The molecule has 172 valence electrons. The van der Waals surface area contributed by atoms with Crippen LogP contribution in [0, 0.1) is 11.6 Å². The molecule has 0 bridgehead atoms. The van der Waals surface area contributed by atoms with Gasteiger partial charge in [0, 0.05) is 28.9 Å². The summed E-state index contributed by atoms with van der Waals surface area (Å²) in [5, 5.41) is 11.0. The average Bonchev–Trinajstić information content (AvgIpc) is 3.30. The Balaban J connectivity index is 1.58. The molecule has 7 nitrogen and oxygen atoms in total. The standard InChI is InChI=1S/C20H14F5N5O2S/c21-13-5-14(22)7-16(6-13)33(31,32)29-15-2-4-19-17(8-15)18(27-28-19)3-1-12-9-26-30(10-12)11-20(23,24)25/h1-10,29H,11H2,(H,27,28)/b3-1+. The van der Waals surface area contributed by atoms with Crippen molar-refractivity contribution in [3.8, 4) is 0 Å². The number of sulfonamides is 1. The monoisotopic (exact) mass is 483 g/mol. The number of rotatable bonds is 6. The third-order valence-electron chi connectivity index (χ3n) is 4.42. The molecule has 0 spiro atoms. The summed E-state index contributed by atoms with van der Waals surface area (Å²) in [7, 11) is -4.27. The molecule has 0 amide bonds. The highest BCUT2D eigenvalue weighted by Gasteiger charge is 2.28. The van der Waals surface area contributed by atoms with Crippen molar-refractivity contribution in [1.82, 2.24) is 20.0 Å². The van der Waals surface area contributed by atoms with Crippen molar-refractivity contribution in [2.45, 2.75) is 17.6 Å². The fourth-order valence-corrected chi connectivity index (χ4v) is 4.12. The van der Waals surface area contributed by atoms with Crippen molar-refractivity contribution >= 4 is 38.8 Å². The van der Waals surface area contributed by atoms with Crippen molar-refractivity contribution in [2.75, 3.05) is 4.72 Å². The lowest BCUT2D eigenvalue weighted by Gasteiger charge is -2.08. The van der Waals surface area contributed by atoms with Crippen molar-refractivity contribution < 1.29 is 30.4 Å². The number of hydrogen-bond donors (Lipinski definition) is 2. The topological polar surface area (TPSA) is 92.7 Å². The van der Waals surface area contributed by atoms with E-state index in [-0.39, 0.29) is 5.69 Å². The molecule has 0 aliphatic carbocycles. The number of nitrogens with zero attached hydrogens (tertiary/aromatic N) is 3. The van der Waals surface area contributed by atoms with Crippen molar-refractivity contribution in [2.24, 2.45) is 0 Å². The predicted molar refractivity (Wildman–Crippen MR) is 110 cm³/mol. The Labute approximate surface area is 183 Å². The zero-order valence-electron chi connectivity index (χ0n) is 16.4. The van der Waals surface area contributed by atoms with E-state index in [1.807, 2.05) is 0 Å². The third-order valence-corrected chi connectivity index (χ3v) is 5.78. The summed E-state index contributed by atoms with van der Waals surface area (Å²) < 4.78 is 92.2. The first-order valence-corrected chi connectivity index (χ1v) is 10.7. The molecule has 2 heterocycles. The van der Waals surface area contributed by atoms with Gasteiger partial charge >= 0.3 is 6.18 Å². The normalized spacial score (nSPS) is 12.6. The number of hydrogen-bond acceptors (Lipinski definition) is 4. The summed E-state index contributed by atoms with van der Waals surface area (Å²) in [6.07, 6.45) is 1.10. The second-order valence-electron chi connectivity index (χ2n) is 7.00. The van der Waals surface area contributed by atoms with E-state index in [0.29, 0.717) is 40.4 Å². The fraction of sp³-hybridized carbons (Fsp3) is 0.100. The van der Waals surface area contributed by atoms with Gasteiger partial charge in [-0.15, -0.1) is 0 Å². The smallest absolute Gasteiger partial charge is 0.280 e. The van der Waals surface area contributed by atoms with Crippen LogP contribution in [0.3, 0.4) is 0 Å². The number of halogens is 5. The zero-order valence-corrected chi connectivity index (χ0v) is 17.3. The average molecular weight is 483 g/mol. The van der Waals surface area contributed by atoms with Gasteiger partial charge in [0.1, 0.15) is 18.2 Å². The van der Waals surface area contributed by atoms with Crippen LogP contribution in [0.1, 0.15) is 11.3 Å². The number of fused-ring (bicyclic) bond motifs is 1. The van der Waals surface area contributed by atoms with Crippen LogP contribution < -0.4 is 4.72 Å². The third kappa shape index (κ3) is 5.37. The number of alkyl halides is 3. The lowest BCUT2D eigenvalue weighted by atomic mass is 10.1. The lowest BCUT2D eigenvalue weighted by molar-refractivity contribution is -0.142. The van der Waals surface area contributed by atoms with E-state index >= 15 is 0 Å². The van der Waals surface area contributed by atoms with Gasteiger partial charge in [-0.3, -0.25) is 14.5 Å². The Morgan fingerprint density at radius 3 is 2.48 bits per heavy atom. The Morgan fingerprint density at radius 2 is 1.79 bits per heavy atom. The van der Waals surface area contributed by atoms with E-state index in [1.165, 1.54) is 36.7 Å². The molecule has 2 aromatic heterocycles. The number of aromatic nitrogens is 4. The minimum Gasteiger partial charge on any atom is -0.280 e. The molecule has 0 fully saturated rings. The molecule has 2 N–H and O–H groups in total. The molecule has 4 aromatic rings. The van der Waals surface area contributed by atoms with Gasteiger partial charge in [-0.1, -0.05) is 0 Å². The molecule has 0 atom stereocenters. The van der Waals surface area contributed by atoms with E-state index < -0.39 is 39.3 Å². The van der Waals surface area contributed by atoms with Gasteiger partial charge in [-0.05, 0) is 42.5 Å². The Bertz CT molecular complexity index is 1440. The van der Waals surface area contributed by atoms with Crippen molar-refractivity contribution in [3.05, 3.63) is 71.7 Å². The second-order valence-corrected chi connectivity index (χ2v) is 8.68. The molecule has 0 radical (unpaired) electrons. The predicted octanol–water partition coefficient (Wildman–Crippen LogP) is 4.57. The first-order chi connectivity index (χ1) is 15.5.